The van der Waals surface area contributed by atoms with Crippen LogP contribution in [0.2, 0.25) is 0 Å². The standard InChI is InChI=1S/C18H22BrN/c1-11-5-6-15(7-12(11)2)10-17(20)16-8-13(3)18(19)14(4)9-16/h5-9,17H,10,20H2,1-4H3. The van der Waals surface area contributed by atoms with Gasteiger partial charge in [0.25, 0.3) is 0 Å². The zero-order chi connectivity index (χ0) is 14.9. The summed E-state index contributed by atoms with van der Waals surface area (Å²) in [6.07, 6.45) is 0.877. The van der Waals surface area contributed by atoms with Crippen LogP contribution in [0.25, 0.3) is 0 Å². The van der Waals surface area contributed by atoms with Crippen molar-refractivity contribution in [3.8, 4) is 0 Å². The molecule has 0 spiro atoms. The summed E-state index contributed by atoms with van der Waals surface area (Å²) >= 11 is 3.61. The summed E-state index contributed by atoms with van der Waals surface area (Å²) in [5, 5.41) is 0. The maximum Gasteiger partial charge on any atom is 0.0335 e. The van der Waals surface area contributed by atoms with Crippen molar-refractivity contribution < 1.29 is 0 Å². The van der Waals surface area contributed by atoms with E-state index >= 15 is 0 Å². The lowest BCUT2D eigenvalue weighted by Gasteiger charge is -2.16. The minimum Gasteiger partial charge on any atom is -0.324 e. The van der Waals surface area contributed by atoms with Crippen LogP contribution in [-0.2, 0) is 6.42 Å². The van der Waals surface area contributed by atoms with Gasteiger partial charge in [0.05, 0.1) is 0 Å². The topological polar surface area (TPSA) is 26.0 Å². The molecule has 0 saturated carbocycles. The molecule has 0 fully saturated rings. The molecule has 0 aliphatic carbocycles. The molecule has 106 valence electrons. The smallest absolute Gasteiger partial charge is 0.0335 e. The zero-order valence-electron chi connectivity index (χ0n) is 12.6. The molecule has 0 saturated heterocycles. The van der Waals surface area contributed by atoms with Crippen LogP contribution < -0.4 is 5.73 Å². The summed E-state index contributed by atoms with van der Waals surface area (Å²) in [4.78, 5) is 0. The van der Waals surface area contributed by atoms with Crippen molar-refractivity contribution in [2.75, 3.05) is 0 Å². The molecule has 0 bridgehead atoms. The number of halogens is 1. The van der Waals surface area contributed by atoms with E-state index in [1.807, 2.05) is 0 Å². The zero-order valence-corrected chi connectivity index (χ0v) is 14.2. The average molecular weight is 332 g/mol. The average Bonchev–Trinajstić information content (AvgIpc) is 2.39. The minimum absolute atomic E-state index is 0.0441. The van der Waals surface area contributed by atoms with Crippen LogP contribution in [-0.4, -0.2) is 0 Å². The van der Waals surface area contributed by atoms with E-state index in [1.165, 1.54) is 37.9 Å². The molecule has 0 radical (unpaired) electrons. The van der Waals surface area contributed by atoms with Gasteiger partial charge in [-0.2, -0.15) is 0 Å². The van der Waals surface area contributed by atoms with Gasteiger partial charge in [0.2, 0.25) is 0 Å². The van der Waals surface area contributed by atoms with Gasteiger partial charge in [-0.25, -0.2) is 0 Å². The summed E-state index contributed by atoms with van der Waals surface area (Å²) in [5.41, 5.74) is 14.1. The third kappa shape index (κ3) is 3.31. The van der Waals surface area contributed by atoms with E-state index in [1.54, 1.807) is 0 Å². The highest BCUT2D eigenvalue weighted by Crippen LogP contribution is 2.26. The van der Waals surface area contributed by atoms with Crippen molar-refractivity contribution in [1.29, 1.82) is 0 Å². The normalized spacial score (nSPS) is 12.5. The van der Waals surface area contributed by atoms with E-state index in [-0.39, 0.29) is 6.04 Å². The van der Waals surface area contributed by atoms with E-state index in [0.717, 1.165) is 6.42 Å². The van der Waals surface area contributed by atoms with Gasteiger partial charge >= 0.3 is 0 Å². The van der Waals surface area contributed by atoms with Gasteiger partial charge in [-0.3, -0.25) is 0 Å². The Hall–Kier alpha value is -1.12. The predicted octanol–water partition coefficient (Wildman–Crippen LogP) is 4.93. The molecule has 2 rings (SSSR count). The first-order chi connectivity index (χ1) is 9.38. The Morgan fingerprint density at radius 1 is 0.900 bits per heavy atom. The van der Waals surface area contributed by atoms with Crippen LogP contribution in [0, 0.1) is 27.7 Å². The number of hydrogen-bond acceptors (Lipinski definition) is 1. The first-order valence-electron chi connectivity index (χ1n) is 6.97. The Morgan fingerprint density at radius 2 is 1.50 bits per heavy atom. The van der Waals surface area contributed by atoms with Gasteiger partial charge in [0.15, 0.2) is 0 Å². The summed E-state index contributed by atoms with van der Waals surface area (Å²) in [6.45, 7) is 8.52. The highest BCUT2D eigenvalue weighted by molar-refractivity contribution is 9.10. The molecule has 2 N–H and O–H groups in total. The summed E-state index contributed by atoms with van der Waals surface area (Å²) in [7, 11) is 0. The molecule has 0 aliphatic heterocycles. The van der Waals surface area contributed by atoms with Crippen molar-refractivity contribution in [3.05, 3.63) is 68.2 Å². The summed E-state index contributed by atoms with van der Waals surface area (Å²) < 4.78 is 1.18. The van der Waals surface area contributed by atoms with Crippen LogP contribution in [0.5, 0.6) is 0 Å². The molecule has 0 amide bonds. The van der Waals surface area contributed by atoms with E-state index in [2.05, 4.69) is 74.0 Å². The highest BCUT2D eigenvalue weighted by atomic mass is 79.9. The Balaban J connectivity index is 2.23. The SMILES string of the molecule is Cc1ccc(CC(N)c2cc(C)c(Br)c(C)c2)cc1C. The third-order valence-electron chi connectivity index (χ3n) is 3.91. The van der Waals surface area contributed by atoms with E-state index in [0.29, 0.717) is 0 Å². The van der Waals surface area contributed by atoms with Crippen molar-refractivity contribution >= 4 is 15.9 Å². The maximum absolute atomic E-state index is 6.39. The fourth-order valence-electron chi connectivity index (χ4n) is 2.50. The van der Waals surface area contributed by atoms with Crippen LogP contribution in [0.1, 0.15) is 39.4 Å². The van der Waals surface area contributed by atoms with Crippen LogP contribution in [0.3, 0.4) is 0 Å². The van der Waals surface area contributed by atoms with E-state index in [4.69, 9.17) is 5.73 Å². The predicted molar refractivity (Wildman–Crippen MR) is 90.2 cm³/mol. The van der Waals surface area contributed by atoms with E-state index < -0.39 is 0 Å². The van der Waals surface area contributed by atoms with Gasteiger partial charge in [-0.05, 0) is 67.5 Å². The van der Waals surface area contributed by atoms with Gasteiger partial charge in [-0.15, -0.1) is 0 Å². The van der Waals surface area contributed by atoms with Crippen LogP contribution in [0.4, 0.5) is 0 Å². The lowest BCUT2D eigenvalue weighted by atomic mass is 9.95. The molecule has 20 heavy (non-hydrogen) atoms. The second-order valence-electron chi connectivity index (χ2n) is 5.70. The molecule has 0 aromatic heterocycles. The first kappa shape index (κ1) is 15.3. The molecule has 1 nitrogen and oxygen atoms in total. The number of aryl methyl sites for hydroxylation is 4. The molecule has 0 heterocycles. The largest absolute Gasteiger partial charge is 0.324 e. The van der Waals surface area contributed by atoms with Crippen LogP contribution in [0.15, 0.2) is 34.8 Å². The second kappa shape index (κ2) is 6.11. The lowest BCUT2D eigenvalue weighted by molar-refractivity contribution is 0.719. The Bertz CT molecular complexity index is 608. The molecule has 2 aromatic rings. The first-order valence-corrected chi connectivity index (χ1v) is 7.76. The minimum atomic E-state index is 0.0441. The molecule has 2 heteroatoms. The highest BCUT2D eigenvalue weighted by Gasteiger charge is 2.11. The Kier molecular flexibility index (Phi) is 4.66. The molecule has 1 atom stereocenters. The van der Waals surface area contributed by atoms with Crippen molar-refractivity contribution in [1.82, 2.24) is 0 Å². The lowest BCUT2D eigenvalue weighted by Crippen LogP contribution is -2.14. The second-order valence-corrected chi connectivity index (χ2v) is 6.49. The number of nitrogens with two attached hydrogens (primary N) is 1. The quantitative estimate of drug-likeness (QED) is 0.848. The molecule has 0 aliphatic rings. The molecular weight excluding hydrogens is 310 g/mol. The van der Waals surface area contributed by atoms with Gasteiger partial charge in [0, 0.05) is 10.5 Å². The summed E-state index contributed by atoms with van der Waals surface area (Å²) in [6, 6.07) is 11.0. The fraction of sp³-hybridized carbons (Fsp3) is 0.333. The van der Waals surface area contributed by atoms with Gasteiger partial charge in [0.1, 0.15) is 0 Å². The maximum atomic E-state index is 6.39. The molecule has 1 unspecified atom stereocenters. The number of hydrogen-bond donors (Lipinski definition) is 1. The number of benzene rings is 2. The van der Waals surface area contributed by atoms with E-state index in [9.17, 15) is 0 Å². The van der Waals surface area contributed by atoms with Gasteiger partial charge in [-0.1, -0.05) is 46.3 Å². The Labute approximate surface area is 130 Å². The van der Waals surface area contributed by atoms with Gasteiger partial charge < -0.3 is 5.73 Å². The third-order valence-corrected chi connectivity index (χ3v) is 5.16. The van der Waals surface area contributed by atoms with Crippen molar-refractivity contribution in [2.45, 2.75) is 40.2 Å². The Morgan fingerprint density at radius 3 is 2.05 bits per heavy atom. The monoisotopic (exact) mass is 331 g/mol. The van der Waals surface area contributed by atoms with Crippen LogP contribution >= 0.6 is 15.9 Å². The fourth-order valence-corrected chi connectivity index (χ4v) is 2.72. The summed E-state index contributed by atoms with van der Waals surface area (Å²) in [5.74, 6) is 0. The van der Waals surface area contributed by atoms with Crippen molar-refractivity contribution in [2.24, 2.45) is 5.73 Å². The molecule has 2 aromatic carbocycles. The number of rotatable bonds is 3. The molecular formula is C18H22BrN. The van der Waals surface area contributed by atoms with Crippen molar-refractivity contribution in [3.63, 3.8) is 0 Å².